The van der Waals surface area contributed by atoms with Crippen molar-refractivity contribution in [2.75, 3.05) is 18.1 Å². The van der Waals surface area contributed by atoms with Crippen molar-refractivity contribution in [2.45, 2.75) is 38.9 Å². The van der Waals surface area contributed by atoms with E-state index in [1.807, 2.05) is 41.0 Å². The number of imide groups is 1. The van der Waals surface area contributed by atoms with Crippen molar-refractivity contribution in [3.63, 3.8) is 0 Å². The van der Waals surface area contributed by atoms with Gasteiger partial charge in [0.15, 0.2) is 0 Å². The number of esters is 1. The first-order chi connectivity index (χ1) is 15.6. The maximum atomic E-state index is 13.2. The van der Waals surface area contributed by atoms with E-state index in [0.717, 1.165) is 23.0 Å². The first kappa shape index (κ1) is 20.5. The van der Waals surface area contributed by atoms with Gasteiger partial charge >= 0.3 is 5.97 Å². The van der Waals surface area contributed by atoms with Gasteiger partial charge < -0.3 is 9.30 Å². The fourth-order valence-electron chi connectivity index (χ4n) is 4.95. The first-order valence-electron chi connectivity index (χ1n) is 11.0. The molecule has 0 N–H and O–H groups in total. The second kappa shape index (κ2) is 8.24. The van der Waals surface area contributed by atoms with Crippen molar-refractivity contribution in [3.05, 3.63) is 65.9 Å². The normalized spacial score (nSPS) is 18.9. The molecular weight excluding hydrogens is 406 g/mol. The van der Waals surface area contributed by atoms with Gasteiger partial charge in [0.1, 0.15) is 6.54 Å². The summed E-state index contributed by atoms with van der Waals surface area (Å²) >= 11 is 0. The van der Waals surface area contributed by atoms with Gasteiger partial charge in [-0.3, -0.25) is 19.3 Å². The Morgan fingerprint density at radius 3 is 2.59 bits per heavy atom. The first-order valence-corrected chi connectivity index (χ1v) is 11.0. The highest BCUT2D eigenvalue weighted by molar-refractivity contribution is 6.22. The number of para-hydroxylation sites is 2. The molecule has 0 spiro atoms. The van der Waals surface area contributed by atoms with E-state index in [-0.39, 0.29) is 30.7 Å². The van der Waals surface area contributed by atoms with E-state index in [1.165, 1.54) is 10.5 Å². The predicted octanol–water partition coefficient (Wildman–Crippen LogP) is 2.89. The van der Waals surface area contributed by atoms with Crippen LogP contribution in [0.25, 0.3) is 10.9 Å². The third-order valence-electron chi connectivity index (χ3n) is 6.37. The van der Waals surface area contributed by atoms with Crippen LogP contribution in [0.2, 0.25) is 0 Å². The summed E-state index contributed by atoms with van der Waals surface area (Å²) < 4.78 is 7.20. The molecule has 1 saturated heterocycles. The molecule has 1 atom stereocenters. The molecule has 1 fully saturated rings. The SMILES string of the molecule is CCOC(=O)Cn1c2c(c3ccccc31)CCN([C@@H]1CC(=O)N(c3ccccc3)C1=O)C2. The van der Waals surface area contributed by atoms with E-state index < -0.39 is 6.04 Å². The Labute approximate surface area is 186 Å². The number of anilines is 1. The maximum absolute atomic E-state index is 13.2. The molecule has 1 aromatic heterocycles. The minimum Gasteiger partial charge on any atom is -0.465 e. The number of carbonyl (C=O) groups excluding carboxylic acids is 3. The fourth-order valence-corrected chi connectivity index (χ4v) is 4.95. The molecule has 3 aromatic rings. The Bertz CT molecular complexity index is 1200. The van der Waals surface area contributed by atoms with Crippen LogP contribution in [0.3, 0.4) is 0 Å². The number of fused-ring (bicyclic) bond motifs is 3. The molecule has 164 valence electrons. The average Bonchev–Trinajstić information content (AvgIpc) is 3.28. The fraction of sp³-hybridized carbons (Fsp3) is 0.320. The molecule has 7 nitrogen and oxygen atoms in total. The van der Waals surface area contributed by atoms with Crippen LogP contribution in [0.5, 0.6) is 0 Å². The summed E-state index contributed by atoms with van der Waals surface area (Å²) in [6.07, 6.45) is 0.927. The zero-order valence-electron chi connectivity index (χ0n) is 18.0. The maximum Gasteiger partial charge on any atom is 0.325 e. The number of benzene rings is 2. The van der Waals surface area contributed by atoms with Gasteiger partial charge in [0.05, 0.1) is 24.8 Å². The lowest BCUT2D eigenvalue weighted by Crippen LogP contribution is -2.44. The summed E-state index contributed by atoms with van der Waals surface area (Å²) in [6, 6.07) is 16.6. The Balaban J connectivity index is 1.46. The second-order valence-electron chi connectivity index (χ2n) is 8.18. The smallest absolute Gasteiger partial charge is 0.325 e. The van der Waals surface area contributed by atoms with Crippen LogP contribution in [-0.2, 0) is 38.6 Å². The van der Waals surface area contributed by atoms with Gasteiger partial charge in [-0.1, -0.05) is 36.4 Å². The van der Waals surface area contributed by atoms with Crippen molar-refractivity contribution < 1.29 is 19.1 Å². The van der Waals surface area contributed by atoms with Gasteiger partial charge in [0.2, 0.25) is 5.91 Å². The van der Waals surface area contributed by atoms with E-state index in [0.29, 0.717) is 25.4 Å². The predicted molar refractivity (Wildman–Crippen MR) is 120 cm³/mol. The lowest BCUT2D eigenvalue weighted by molar-refractivity contribution is -0.143. The van der Waals surface area contributed by atoms with Crippen molar-refractivity contribution in [2.24, 2.45) is 0 Å². The molecule has 0 aliphatic carbocycles. The summed E-state index contributed by atoms with van der Waals surface area (Å²) in [5.74, 6) is -0.641. The molecule has 7 heteroatoms. The third kappa shape index (κ3) is 3.39. The minimum atomic E-state index is -0.495. The largest absolute Gasteiger partial charge is 0.465 e. The van der Waals surface area contributed by atoms with Crippen molar-refractivity contribution in [3.8, 4) is 0 Å². The van der Waals surface area contributed by atoms with Crippen molar-refractivity contribution >= 4 is 34.4 Å². The molecule has 3 heterocycles. The molecular formula is C25H25N3O4. The molecule has 5 rings (SSSR count). The lowest BCUT2D eigenvalue weighted by Gasteiger charge is -2.32. The Hall–Kier alpha value is -3.45. The minimum absolute atomic E-state index is 0.130. The Morgan fingerprint density at radius 2 is 1.81 bits per heavy atom. The van der Waals surface area contributed by atoms with Crippen LogP contribution in [-0.4, -0.2) is 46.4 Å². The number of amides is 2. The van der Waals surface area contributed by atoms with Gasteiger partial charge in [-0.2, -0.15) is 0 Å². The zero-order chi connectivity index (χ0) is 22.2. The van der Waals surface area contributed by atoms with E-state index in [9.17, 15) is 14.4 Å². The number of hydrogen-bond donors (Lipinski definition) is 0. The summed E-state index contributed by atoms with van der Waals surface area (Å²) in [7, 11) is 0. The molecule has 0 unspecified atom stereocenters. The molecule has 32 heavy (non-hydrogen) atoms. The molecule has 0 radical (unpaired) electrons. The summed E-state index contributed by atoms with van der Waals surface area (Å²) in [4.78, 5) is 41.6. The van der Waals surface area contributed by atoms with Crippen LogP contribution in [0, 0.1) is 0 Å². The number of ether oxygens (including phenoxy) is 1. The zero-order valence-corrected chi connectivity index (χ0v) is 18.0. The monoisotopic (exact) mass is 431 g/mol. The van der Waals surface area contributed by atoms with Crippen LogP contribution < -0.4 is 4.90 Å². The van der Waals surface area contributed by atoms with Crippen LogP contribution in [0.4, 0.5) is 5.69 Å². The highest BCUT2D eigenvalue weighted by Gasteiger charge is 2.44. The number of nitrogens with zero attached hydrogens (tertiary/aromatic N) is 3. The number of carbonyl (C=O) groups is 3. The van der Waals surface area contributed by atoms with E-state index >= 15 is 0 Å². The van der Waals surface area contributed by atoms with E-state index in [1.54, 1.807) is 19.1 Å². The second-order valence-corrected chi connectivity index (χ2v) is 8.18. The number of aromatic nitrogens is 1. The van der Waals surface area contributed by atoms with Crippen LogP contribution >= 0.6 is 0 Å². The molecule has 0 bridgehead atoms. The van der Waals surface area contributed by atoms with Crippen molar-refractivity contribution in [1.82, 2.24) is 9.47 Å². The van der Waals surface area contributed by atoms with Crippen LogP contribution in [0.1, 0.15) is 24.6 Å². The van der Waals surface area contributed by atoms with Gasteiger partial charge in [-0.25, -0.2) is 4.90 Å². The number of rotatable bonds is 5. The molecule has 2 aromatic carbocycles. The van der Waals surface area contributed by atoms with E-state index in [2.05, 4.69) is 11.0 Å². The van der Waals surface area contributed by atoms with E-state index in [4.69, 9.17) is 4.74 Å². The molecule has 2 aliphatic rings. The highest BCUT2D eigenvalue weighted by Crippen LogP contribution is 2.34. The average molecular weight is 431 g/mol. The molecule has 2 amide bonds. The molecule has 2 aliphatic heterocycles. The summed E-state index contributed by atoms with van der Waals surface area (Å²) in [5, 5.41) is 1.13. The van der Waals surface area contributed by atoms with Gasteiger partial charge in [-0.15, -0.1) is 0 Å². The van der Waals surface area contributed by atoms with Gasteiger partial charge in [0, 0.05) is 29.7 Å². The van der Waals surface area contributed by atoms with Gasteiger partial charge in [-0.05, 0) is 37.1 Å². The Morgan fingerprint density at radius 1 is 1.06 bits per heavy atom. The highest BCUT2D eigenvalue weighted by atomic mass is 16.5. The lowest BCUT2D eigenvalue weighted by atomic mass is 10.0. The summed E-state index contributed by atoms with van der Waals surface area (Å²) in [5.41, 5.74) is 3.83. The molecule has 0 saturated carbocycles. The third-order valence-corrected chi connectivity index (χ3v) is 6.37. The Kier molecular flexibility index (Phi) is 5.27. The topological polar surface area (TPSA) is 71.8 Å². The van der Waals surface area contributed by atoms with Gasteiger partial charge in [0.25, 0.3) is 5.91 Å². The number of hydrogen-bond acceptors (Lipinski definition) is 5. The van der Waals surface area contributed by atoms with Crippen molar-refractivity contribution in [1.29, 1.82) is 0 Å². The summed E-state index contributed by atoms with van der Waals surface area (Å²) in [6.45, 7) is 3.46. The standard InChI is InChI=1S/C25H25N3O4/c1-2-32-24(30)16-27-20-11-7-6-10-18(20)19-12-13-26(15-22(19)27)21-14-23(29)28(25(21)31)17-8-4-3-5-9-17/h3-11,21H,2,12-16H2,1H3/t21-/m1/s1. The van der Waals surface area contributed by atoms with Crippen LogP contribution in [0.15, 0.2) is 54.6 Å². The quantitative estimate of drug-likeness (QED) is 0.459.